The Morgan fingerprint density at radius 3 is 2.46 bits per heavy atom. The number of nitrogens with one attached hydrogen (secondary N) is 2. The molecule has 0 aliphatic heterocycles. The number of ether oxygens (including phenoxy) is 2. The van der Waals surface area contributed by atoms with Crippen LogP contribution < -0.4 is 20.2 Å². The van der Waals surface area contributed by atoms with Crippen LogP contribution in [0.3, 0.4) is 0 Å². The molecule has 0 heterocycles. The standard InChI is InChI=1S/C28H25N3O4/c1-34-26-16-20(18-29-31-28(33)17-27(32)30-23-11-3-2-4-12-23)14-15-25(26)35-19-22-10-7-9-21-8-5-6-13-24(21)22/h2-16,18H,17,19H2,1H3,(H,30,32)(H,31,33). The summed E-state index contributed by atoms with van der Waals surface area (Å²) in [7, 11) is 1.56. The van der Waals surface area contributed by atoms with E-state index in [1.165, 1.54) is 6.21 Å². The molecule has 4 aromatic carbocycles. The Kier molecular flexibility index (Phi) is 7.70. The van der Waals surface area contributed by atoms with Crippen molar-refractivity contribution in [2.75, 3.05) is 12.4 Å². The predicted octanol–water partition coefficient (Wildman–Crippen LogP) is 4.91. The normalized spacial score (nSPS) is 10.8. The number of anilines is 1. The molecule has 0 spiro atoms. The van der Waals surface area contributed by atoms with E-state index in [-0.39, 0.29) is 6.42 Å². The van der Waals surface area contributed by atoms with Crippen LogP contribution in [-0.2, 0) is 16.2 Å². The maximum atomic E-state index is 12.0. The van der Waals surface area contributed by atoms with Crippen LogP contribution in [0.4, 0.5) is 5.69 Å². The summed E-state index contributed by atoms with van der Waals surface area (Å²) in [6.07, 6.45) is 1.14. The molecule has 0 bridgehead atoms. The molecule has 4 aromatic rings. The van der Waals surface area contributed by atoms with E-state index < -0.39 is 11.8 Å². The van der Waals surface area contributed by atoms with E-state index in [1.807, 2.05) is 30.3 Å². The number of carbonyl (C=O) groups excluding carboxylic acids is 2. The molecule has 0 unspecified atom stereocenters. The third kappa shape index (κ3) is 6.45. The van der Waals surface area contributed by atoms with Gasteiger partial charge in [-0.1, -0.05) is 60.7 Å². The third-order valence-corrected chi connectivity index (χ3v) is 5.23. The van der Waals surface area contributed by atoms with Crippen LogP contribution >= 0.6 is 0 Å². The molecule has 0 saturated carbocycles. The van der Waals surface area contributed by atoms with Gasteiger partial charge in [0.05, 0.1) is 13.3 Å². The molecule has 2 amide bonds. The van der Waals surface area contributed by atoms with Crippen molar-refractivity contribution < 1.29 is 19.1 Å². The number of carbonyl (C=O) groups is 2. The van der Waals surface area contributed by atoms with Gasteiger partial charge in [-0.25, -0.2) is 5.43 Å². The van der Waals surface area contributed by atoms with E-state index in [4.69, 9.17) is 9.47 Å². The summed E-state index contributed by atoms with van der Waals surface area (Å²) in [4.78, 5) is 24.0. The van der Waals surface area contributed by atoms with Gasteiger partial charge in [-0.05, 0) is 52.2 Å². The fourth-order valence-corrected chi connectivity index (χ4v) is 3.55. The number of hydrogen-bond donors (Lipinski definition) is 2. The van der Waals surface area contributed by atoms with Crippen LogP contribution in [0.5, 0.6) is 11.5 Å². The molecule has 0 aliphatic rings. The van der Waals surface area contributed by atoms with Gasteiger partial charge in [-0.15, -0.1) is 0 Å². The molecule has 0 aliphatic carbocycles. The molecule has 0 aromatic heterocycles. The summed E-state index contributed by atoms with van der Waals surface area (Å²) in [5, 5.41) is 8.89. The van der Waals surface area contributed by atoms with Crippen molar-refractivity contribution in [2.45, 2.75) is 13.0 Å². The lowest BCUT2D eigenvalue weighted by atomic mass is 10.1. The summed E-state index contributed by atoms with van der Waals surface area (Å²) >= 11 is 0. The average molecular weight is 468 g/mol. The molecule has 0 saturated heterocycles. The molecular formula is C28H25N3O4. The largest absolute Gasteiger partial charge is 0.493 e. The van der Waals surface area contributed by atoms with Gasteiger partial charge in [0.15, 0.2) is 11.5 Å². The Labute approximate surface area is 203 Å². The second-order valence-electron chi connectivity index (χ2n) is 7.72. The van der Waals surface area contributed by atoms with Crippen molar-refractivity contribution in [2.24, 2.45) is 5.10 Å². The minimum absolute atomic E-state index is 0.337. The summed E-state index contributed by atoms with van der Waals surface area (Å²) < 4.78 is 11.5. The lowest BCUT2D eigenvalue weighted by Crippen LogP contribution is -2.24. The molecule has 176 valence electrons. The SMILES string of the molecule is COc1cc(C=NNC(=O)CC(=O)Nc2ccccc2)ccc1OCc1cccc2ccccc12. The highest BCUT2D eigenvalue weighted by Gasteiger charge is 2.10. The maximum absolute atomic E-state index is 12.0. The fraction of sp³-hybridized carbons (Fsp3) is 0.107. The van der Waals surface area contributed by atoms with Crippen LogP contribution in [0.25, 0.3) is 10.8 Å². The zero-order valence-corrected chi connectivity index (χ0v) is 19.2. The van der Waals surface area contributed by atoms with Gasteiger partial charge in [0, 0.05) is 5.69 Å². The molecule has 7 nitrogen and oxygen atoms in total. The zero-order valence-electron chi connectivity index (χ0n) is 19.2. The Hall–Kier alpha value is -4.65. The highest BCUT2D eigenvalue weighted by atomic mass is 16.5. The first-order valence-electron chi connectivity index (χ1n) is 11.1. The molecule has 7 heteroatoms. The minimum atomic E-state index is -0.517. The van der Waals surface area contributed by atoms with Gasteiger partial charge in [0.1, 0.15) is 13.0 Å². The molecular weight excluding hydrogens is 442 g/mol. The number of hydrogen-bond acceptors (Lipinski definition) is 5. The van der Waals surface area contributed by atoms with E-state index in [0.29, 0.717) is 29.4 Å². The predicted molar refractivity (Wildman–Crippen MR) is 137 cm³/mol. The topological polar surface area (TPSA) is 89.0 Å². The summed E-state index contributed by atoms with van der Waals surface area (Å²) in [6, 6.07) is 28.6. The van der Waals surface area contributed by atoms with Crippen molar-refractivity contribution in [1.29, 1.82) is 0 Å². The Morgan fingerprint density at radius 1 is 0.857 bits per heavy atom. The van der Waals surface area contributed by atoms with Crippen molar-refractivity contribution in [3.8, 4) is 11.5 Å². The average Bonchev–Trinajstić information content (AvgIpc) is 2.88. The highest BCUT2D eigenvalue weighted by molar-refractivity contribution is 6.03. The van der Waals surface area contributed by atoms with Crippen molar-refractivity contribution in [3.05, 3.63) is 102 Å². The number of benzene rings is 4. The number of nitrogens with zero attached hydrogens (tertiary/aromatic N) is 1. The van der Waals surface area contributed by atoms with Crippen LogP contribution in [0.2, 0.25) is 0 Å². The van der Waals surface area contributed by atoms with E-state index >= 15 is 0 Å². The summed E-state index contributed by atoms with van der Waals surface area (Å²) in [5.41, 5.74) is 4.77. The van der Waals surface area contributed by atoms with Gasteiger partial charge in [0.2, 0.25) is 11.8 Å². The van der Waals surface area contributed by atoms with Crippen LogP contribution in [-0.4, -0.2) is 25.1 Å². The first-order chi connectivity index (χ1) is 17.1. The van der Waals surface area contributed by atoms with Gasteiger partial charge >= 0.3 is 0 Å². The lowest BCUT2D eigenvalue weighted by Gasteiger charge is -2.12. The number of amides is 2. The number of rotatable bonds is 9. The number of fused-ring (bicyclic) bond motifs is 1. The monoisotopic (exact) mass is 467 g/mol. The van der Waals surface area contributed by atoms with Gasteiger partial charge in [-0.2, -0.15) is 5.10 Å². The second-order valence-corrected chi connectivity index (χ2v) is 7.72. The van der Waals surface area contributed by atoms with E-state index in [9.17, 15) is 9.59 Å². The third-order valence-electron chi connectivity index (χ3n) is 5.23. The number of hydrazone groups is 1. The van der Waals surface area contributed by atoms with Crippen LogP contribution in [0, 0.1) is 0 Å². The first-order valence-corrected chi connectivity index (χ1v) is 11.1. The van der Waals surface area contributed by atoms with Crippen molar-refractivity contribution >= 4 is 34.5 Å². The first kappa shape index (κ1) is 23.5. The maximum Gasteiger partial charge on any atom is 0.249 e. The zero-order chi connectivity index (χ0) is 24.5. The van der Waals surface area contributed by atoms with Crippen molar-refractivity contribution in [3.63, 3.8) is 0 Å². The fourth-order valence-electron chi connectivity index (χ4n) is 3.55. The van der Waals surface area contributed by atoms with Crippen LogP contribution in [0.15, 0.2) is 96.1 Å². The molecule has 2 N–H and O–H groups in total. The van der Waals surface area contributed by atoms with Gasteiger partial charge in [0.25, 0.3) is 0 Å². The summed E-state index contributed by atoms with van der Waals surface area (Å²) in [5.74, 6) is 0.205. The van der Waals surface area contributed by atoms with E-state index in [2.05, 4.69) is 34.0 Å². The van der Waals surface area contributed by atoms with E-state index in [0.717, 1.165) is 16.3 Å². The number of methoxy groups -OCH3 is 1. The quantitative estimate of drug-likeness (QED) is 0.208. The smallest absolute Gasteiger partial charge is 0.249 e. The molecule has 0 fully saturated rings. The second kappa shape index (κ2) is 11.5. The Balaban J connectivity index is 1.33. The molecule has 4 rings (SSSR count). The van der Waals surface area contributed by atoms with Gasteiger partial charge in [-0.3, -0.25) is 9.59 Å². The van der Waals surface area contributed by atoms with Crippen molar-refractivity contribution in [1.82, 2.24) is 5.43 Å². The number of para-hydroxylation sites is 1. The van der Waals surface area contributed by atoms with E-state index in [1.54, 1.807) is 49.6 Å². The lowest BCUT2D eigenvalue weighted by molar-refractivity contribution is -0.126. The molecule has 35 heavy (non-hydrogen) atoms. The van der Waals surface area contributed by atoms with Gasteiger partial charge < -0.3 is 14.8 Å². The summed E-state index contributed by atoms with van der Waals surface area (Å²) in [6.45, 7) is 0.395. The molecule has 0 atom stereocenters. The minimum Gasteiger partial charge on any atom is -0.493 e. The highest BCUT2D eigenvalue weighted by Crippen LogP contribution is 2.29. The Morgan fingerprint density at radius 2 is 1.63 bits per heavy atom. The Bertz CT molecular complexity index is 1350. The van der Waals surface area contributed by atoms with Crippen LogP contribution in [0.1, 0.15) is 17.5 Å². The molecule has 0 radical (unpaired) electrons.